The minimum absolute atomic E-state index is 0.136. The van der Waals surface area contributed by atoms with Gasteiger partial charge in [0.1, 0.15) is 6.33 Å². The van der Waals surface area contributed by atoms with E-state index in [1.807, 2.05) is 18.2 Å². The summed E-state index contributed by atoms with van der Waals surface area (Å²) in [6, 6.07) is 5.64. The highest BCUT2D eigenvalue weighted by molar-refractivity contribution is 6.02. The second-order valence-electron chi connectivity index (χ2n) is 9.22. The lowest BCUT2D eigenvalue weighted by atomic mass is 9.92. The molecule has 0 aliphatic heterocycles. The number of aliphatic carboxylic acids is 1. The van der Waals surface area contributed by atoms with Crippen LogP contribution in [0.25, 0.3) is 5.57 Å². The monoisotopic (exact) mass is 481 g/mol. The van der Waals surface area contributed by atoms with E-state index >= 15 is 0 Å². The van der Waals surface area contributed by atoms with E-state index in [0.717, 1.165) is 31.1 Å². The molecule has 35 heavy (non-hydrogen) atoms. The van der Waals surface area contributed by atoms with Crippen LogP contribution in [0.3, 0.4) is 0 Å². The zero-order chi connectivity index (χ0) is 25.2. The molecule has 2 amide bonds. The van der Waals surface area contributed by atoms with Gasteiger partial charge in [0.25, 0.3) is 0 Å². The largest absolute Gasteiger partial charge is 0.478 e. The molecule has 0 bridgehead atoms. The Morgan fingerprint density at radius 3 is 2.51 bits per heavy atom. The Morgan fingerprint density at radius 2 is 1.89 bits per heavy atom. The second-order valence-corrected chi connectivity index (χ2v) is 9.22. The van der Waals surface area contributed by atoms with Crippen LogP contribution < -0.4 is 15.5 Å². The van der Waals surface area contributed by atoms with Crippen LogP contribution in [-0.2, 0) is 9.53 Å². The number of carbonyl (C=O) groups excluding carboxylic acids is 1. The fraction of sp³-hybridized carbons (Fsp3) is 0.462. The van der Waals surface area contributed by atoms with Gasteiger partial charge in [0.15, 0.2) is 0 Å². The number of carbonyl (C=O) groups is 2. The second kappa shape index (κ2) is 12.9. The Morgan fingerprint density at radius 1 is 1.17 bits per heavy atom. The molecular formula is C26H35N5O4. The minimum atomic E-state index is -1.05. The predicted octanol–water partition coefficient (Wildman–Crippen LogP) is 5.03. The molecule has 1 fully saturated rings. The number of methoxy groups -OCH3 is 1. The van der Waals surface area contributed by atoms with Crippen LogP contribution in [0.15, 0.2) is 43.0 Å². The van der Waals surface area contributed by atoms with Gasteiger partial charge in [0.2, 0.25) is 0 Å². The van der Waals surface area contributed by atoms with Crippen molar-refractivity contribution in [1.82, 2.24) is 9.97 Å². The Kier molecular flexibility index (Phi) is 9.60. The maximum atomic E-state index is 12.9. The van der Waals surface area contributed by atoms with E-state index < -0.39 is 12.0 Å². The molecule has 1 aliphatic carbocycles. The lowest BCUT2D eigenvalue weighted by Gasteiger charge is -2.38. The summed E-state index contributed by atoms with van der Waals surface area (Å²) >= 11 is 0. The van der Waals surface area contributed by atoms with Gasteiger partial charge in [-0.25, -0.2) is 19.6 Å². The molecule has 3 rings (SSSR count). The molecule has 1 aromatic heterocycles. The number of nitrogens with one attached hydrogen (secondary N) is 2. The molecule has 0 atom stereocenters. The Labute approximate surface area is 206 Å². The van der Waals surface area contributed by atoms with Gasteiger partial charge in [-0.2, -0.15) is 0 Å². The van der Waals surface area contributed by atoms with Gasteiger partial charge >= 0.3 is 12.0 Å². The minimum Gasteiger partial charge on any atom is -0.478 e. The standard InChI is InChI=1S/C26H35N5O4/c1-18(2)15-31(22-7-5-4-6-8-22)24-10-9-19(20(16-35-3)12-25(32)33)11-23(24)30-26(34)29-21-13-27-17-28-14-21/h9-14,17-18,22H,4-8,15-16H2,1-3H3,(H,32,33)(H2,29,30,34)/b20-12-. The molecule has 0 unspecified atom stereocenters. The van der Waals surface area contributed by atoms with Gasteiger partial charge in [-0.15, -0.1) is 0 Å². The molecule has 1 aliphatic rings. The van der Waals surface area contributed by atoms with Gasteiger partial charge < -0.3 is 25.4 Å². The van der Waals surface area contributed by atoms with Gasteiger partial charge in [0.05, 0.1) is 36.1 Å². The van der Waals surface area contributed by atoms with Gasteiger partial charge in [-0.05, 0) is 42.0 Å². The maximum absolute atomic E-state index is 12.9. The number of urea groups is 1. The number of ether oxygens (including phenoxy) is 1. The van der Waals surface area contributed by atoms with Crippen molar-refractivity contribution in [3.8, 4) is 0 Å². The number of hydrogen-bond donors (Lipinski definition) is 3. The van der Waals surface area contributed by atoms with Crippen molar-refractivity contribution in [2.24, 2.45) is 5.92 Å². The van der Waals surface area contributed by atoms with Crippen LogP contribution in [0.4, 0.5) is 21.9 Å². The summed E-state index contributed by atoms with van der Waals surface area (Å²) in [7, 11) is 1.52. The number of carboxylic acids is 1. The molecule has 0 saturated heterocycles. The molecule has 1 heterocycles. The fourth-order valence-electron chi connectivity index (χ4n) is 4.48. The van der Waals surface area contributed by atoms with Crippen LogP contribution in [-0.4, -0.2) is 53.4 Å². The summed E-state index contributed by atoms with van der Waals surface area (Å²) in [5.74, 6) is -0.628. The van der Waals surface area contributed by atoms with Crippen LogP contribution in [0.5, 0.6) is 0 Å². The first-order valence-corrected chi connectivity index (χ1v) is 12.0. The molecule has 9 heteroatoms. The molecule has 188 valence electrons. The normalized spacial score (nSPS) is 14.6. The van der Waals surface area contributed by atoms with Crippen molar-refractivity contribution < 1.29 is 19.4 Å². The summed E-state index contributed by atoms with van der Waals surface area (Å²) in [5.41, 5.74) is 3.18. The highest BCUT2D eigenvalue weighted by Gasteiger charge is 2.25. The van der Waals surface area contributed by atoms with Crippen LogP contribution in [0.1, 0.15) is 51.5 Å². The van der Waals surface area contributed by atoms with Crippen LogP contribution in [0, 0.1) is 5.92 Å². The average molecular weight is 482 g/mol. The Balaban J connectivity index is 2.01. The number of amides is 2. The molecule has 1 saturated carbocycles. The van der Waals surface area contributed by atoms with Crippen LogP contribution in [0.2, 0.25) is 0 Å². The van der Waals surface area contributed by atoms with Crippen molar-refractivity contribution in [2.75, 3.05) is 35.8 Å². The molecule has 0 spiro atoms. The van der Waals surface area contributed by atoms with Gasteiger partial charge in [-0.3, -0.25) is 0 Å². The molecule has 1 aromatic carbocycles. The number of benzene rings is 1. The van der Waals surface area contributed by atoms with E-state index in [1.54, 1.807) is 0 Å². The fourth-order valence-corrected chi connectivity index (χ4v) is 4.48. The molecule has 0 radical (unpaired) electrons. The van der Waals surface area contributed by atoms with E-state index in [9.17, 15) is 14.7 Å². The van der Waals surface area contributed by atoms with Crippen molar-refractivity contribution in [2.45, 2.75) is 52.0 Å². The van der Waals surface area contributed by atoms with Crippen molar-refractivity contribution in [3.05, 3.63) is 48.6 Å². The summed E-state index contributed by atoms with van der Waals surface area (Å²) < 4.78 is 5.23. The average Bonchev–Trinajstić information content (AvgIpc) is 2.83. The predicted molar refractivity (Wildman–Crippen MR) is 138 cm³/mol. The molecule has 3 N–H and O–H groups in total. The highest BCUT2D eigenvalue weighted by atomic mass is 16.5. The number of aromatic nitrogens is 2. The zero-order valence-corrected chi connectivity index (χ0v) is 20.7. The Hall–Kier alpha value is -3.46. The number of anilines is 3. The van der Waals surface area contributed by atoms with Crippen molar-refractivity contribution in [1.29, 1.82) is 0 Å². The topological polar surface area (TPSA) is 117 Å². The SMILES string of the molecule is COC/C(=C/C(=O)O)c1ccc(N(CC(C)C)C2CCCCC2)c(NC(=O)Nc2cncnc2)c1. The first kappa shape index (κ1) is 26.2. The van der Waals surface area contributed by atoms with Crippen LogP contribution >= 0.6 is 0 Å². The Bertz CT molecular complexity index is 1020. The number of carboxylic acid groups (broad SMARTS) is 1. The highest BCUT2D eigenvalue weighted by Crippen LogP contribution is 2.35. The third-order valence-electron chi connectivity index (χ3n) is 5.92. The summed E-state index contributed by atoms with van der Waals surface area (Å²) in [5, 5.41) is 15.1. The molecule has 9 nitrogen and oxygen atoms in total. The summed E-state index contributed by atoms with van der Waals surface area (Å²) in [6.07, 6.45) is 11.4. The van der Waals surface area contributed by atoms with Gasteiger partial charge in [0, 0.05) is 25.8 Å². The smallest absolute Gasteiger partial charge is 0.328 e. The first-order valence-electron chi connectivity index (χ1n) is 12.0. The van der Waals surface area contributed by atoms with Gasteiger partial charge in [-0.1, -0.05) is 39.2 Å². The van der Waals surface area contributed by atoms with E-state index in [2.05, 4.69) is 39.3 Å². The van der Waals surface area contributed by atoms with E-state index in [0.29, 0.717) is 34.5 Å². The third kappa shape index (κ3) is 7.78. The molecular weight excluding hydrogens is 446 g/mol. The lowest BCUT2D eigenvalue weighted by molar-refractivity contribution is -0.131. The van der Waals surface area contributed by atoms with Crippen molar-refractivity contribution in [3.63, 3.8) is 0 Å². The quantitative estimate of drug-likeness (QED) is 0.408. The van der Waals surface area contributed by atoms with E-state index in [-0.39, 0.29) is 6.61 Å². The number of nitrogens with zero attached hydrogens (tertiary/aromatic N) is 3. The zero-order valence-electron chi connectivity index (χ0n) is 20.7. The third-order valence-corrected chi connectivity index (χ3v) is 5.92. The first-order chi connectivity index (χ1) is 16.9. The molecule has 2 aromatic rings. The van der Waals surface area contributed by atoms with E-state index in [4.69, 9.17) is 4.74 Å². The summed E-state index contributed by atoms with van der Waals surface area (Å²) in [4.78, 5) is 34.6. The van der Waals surface area contributed by atoms with E-state index in [1.165, 1.54) is 45.1 Å². The van der Waals surface area contributed by atoms with Crippen molar-refractivity contribution >= 4 is 34.6 Å². The number of rotatable bonds is 10. The number of hydrogen-bond acceptors (Lipinski definition) is 6. The maximum Gasteiger partial charge on any atom is 0.328 e. The lowest BCUT2D eigenvalue weighted by Crippen LogP contribution is -2.40. The summed E-state index contributed by atoms with van der Waals surface area (Å²) in [6.45, 7) is 5.36.